The van der Waals surface area contributed by atoms with Crippen LogP contribution in [0, 0.1) is 11.3 Å². The summed E-state index contributed by atoms with van der Waals surface area (Å²) in [6, 6.07) is 4.94. The summed E-state index contributed by atoms with van der Waals surface area (Å²) in [7, 11) is 3.19. The molecular weight excluding hydrogens is 218 g/mol. The zero-order valence-corrected chi connectivity index (χ0v) is 10.2. The first-order chi connectivity index (χ1) is 7.99. The largest absolute Gasteiger partial charge is 0.338 e. The molecule has 0 bridgehead atoms. The number of carbonyl (C=O) groups excluding carboxylic acids is 1. The smallest absolute Gasteiger partial charge is 0.263 e. The van der Waals surface area contributed by atoms with Gasteiger partial charge < -0.3 is 9.47 Å². The van der Waals surface area contributed by atoms with Gasteiger partial charge in [-0.2, -0.15) is 5.26 Å². The topological polar surface area (TPSA) is 66.1 Å². The lowest BCUT2D eigenvalue weighted by Crippen LogP contribution is -2.38. The maximum Gasteiger partial charge on any atom is 0.263 e. The molecule has 1 heterocycles. The van der Waals surface area contributed by atoms with E-state index >= 15 is 0 Å². The molecule has 17 heavy (non-hydrogen) atoms. The van der Waals surface area contributed by atoms with Crippen LogP contribution in [0.5, 0.6) is 0 Å². The number of amides is 1. The van der Waals surface area contributed by atoms with Crippen molar-refractivity contribution in [2.24, 2.45) is 7.05 Å². The summed E-state index contributed by atoms with van der Waals surface area (Å²) in [5.41, 5.74) is -0.198. The van der Waals surface area contributed by atoms with Crippen molar-refractivity contribution < 1.29 is 4.79 Å². The molecule has 90 valence electrons. The standard InChI is InChI=1S/C12H15N3O2/c1-9(6-7-13)15(3)12(17)10-5-4-8-14(2)11(10)16/h4-5,8-9H,6H2,1-3H3/t9-/m0/s1. The van der Waals surface area contributed by atoms with E-state index in [-0.39, 0.29) is 29.5 Å². The minimum Gasteiger partial charge on any atom is -0.338 e. The Kier molecular flexibility index (Phi) is 4.05. The van der Waals surface area contributed by atoms with Gasteiger partial charge in [0, 0.05) is 26.3 Å². The lowest BCUT2D eigenvalue weighted by molar-refractivity contribution is 0.0744. The third kappa shape index (κ3) is 2.72. The van der Waals surface area contributed by atoms with Crippen molar-refractivity contribution in [3.8, 4) is 6.07 Å². The second-order valence-electron chi connectivity index (χ2n) is 3.97. The average Bonchev–Trinajstić information content (AvgIpc) is 2.31. The molecule has 1 amide bonds. The average molecular weight is 233 g/mol. The van der Waals surface area contributed by atoms with Crippen LogP contribution in [0.2, 0.25) is 0 Å². The molecule has 0 saturated carbocycles. The molecule has 5 heteroatoms. The van der Waals surface area contributed by atoms with E-state index in [0.29, 0.717) is 0 Å². The van der Waals surface area contributed by atoms with Crippen LogP contribution >= 0.6 is 0 Å². The van der Waals surface area contributed by atoms with Gasteiger partial charge in [-0.1, -0.05) is 0 Å². The maximum atomic E-state index is 12.0. The molecule has 5 nitrogen and oxygen atoms in total. The van der Waals surface area contributed by atoms with E-state index in [1.807, 2.05) is 6.07 Å². The Labute approximate surface area is 99.9 Å². The molecule has 0 aromatic carbocycles. The highest BCUT2D eigenvalue weighted by molar-refractivity contribution is 5.93. The van der Waals surface area contributed by atoms with Gasteiger partial charge in [-0.05, 0) is 19.1 Å². The van der Waals surface area contributed by atoms with E-state index in [1.54, 1.807) is 33.3 Å². The first kappa shape index (κ1) is 13.0. The molecule has 0 saturated heterocycles. The van der Waals surface area contributed by atoms with Gasteiger partial charge in [-0.15, -0.1) is 0 Å². The van der Waals surface area contributed by atoms with Crippen molar-refractivity contribution in [2.75, 3.05) is 7.05 Å². The zero-order valence-electron chi connectivity index (χ0n) is 10.2. The van der Waals surface area contributed by atoms with Gasteiger partial charge in [-0.3, -0.25) is 9.59 Å². The van der Waals surface area contributed by atoms with Gasteiger partial charge in [0.25, 0.3) is 11.5 Å². The van der Waals surface area contributed by atoms with E-state index in [2.05, 4.69) is 0 Å². The summed E-state index contributed by atoms with van der Waals surface area (Å²) in [5, 5.41) is 8.58. The highest BCUT2D eigenvalue weighted by Gasteiger charge is 2.19. The predicted octanol–water partition coefficient (Wildman–Crippen LogP) is 0.759. The van der Waals surface area contributed by atoms with E-state index in [0.717, 1.165) is 0 Å². The quantitative estimate of drug-likeness (QED) is 0.774. The van der Waals surface area contributed by atoms with Crippen molar-refractivity contribution in [3.63, 3.8) is 0 Å². The van der Waals surface area contributed by atoms with Crippen LogP contribution < -0.4 is 5.56 Å². The molecule has 0 spiro atoms. The van der Waals surface area contributed by atoms with E-state index in [4.69, 9.17) is 5.26 Å². The summed E-state index contributed by atoms with van der Waals surface area (Å²) >= 11 is 0. The zero-order chi connectivity index (χ0) is 13.0. The number of nitrogens with zero attached hydrogens (tertiary/aromatic N) is 3. The summed E-state index contributed by atoms with van der Waals surface area (Å²) in [4.78, 5) is 25.2. The molecule has 0 radical (unpaired) electrons. The summed E-state index contributed by atoms with van der Waals surface area (Å²) in [5.74, 6) is -0.353. The molecule has 1 rings (SSSR count). The number of rotatable bonds is 3. The van der Waals surface area contributed by atoms with Crippen molar-refractivity contribution >= 4 is 5.91 Å². The second-order valence-corrected chi connectivity index (χ2v) is 3.97. The molecule has 1 aromatic heterocycles. The Hall–Kier alpha value is -2.09. The number of pyridine rings is 1. The number of carbonyl (C=O) groups is 1. The Morgan fingerprint density at radius 3 is 2.88 bits per heavy atom. The van der Waals surface area contributed by atoms with Gasteiger partial charge in [0.1, 0.15) is 5.56 Å². The fourth-order valence-corrected chi connectivity index (χ4v) is 1.42. The van der Waals surface area contributed by atoms with Gasteiger partial charge in [0.05, 0.1) is 12.5 Å². The molecule has 1 aromatic rings. The van der Waals surface area contributed by atoms with Crippen molar-refractivity contribution in [1.29, 1.82) is 5.26 Å². The number of hydrogen-bond acceptors (Lipinski definition) is 3. The van der Waals surface area contributed by atoms with Crippen LogP contribution in [0.3, 0.4) is 0 Å². The van der Waals surface area contributed by atoms with E-state index < -0.39 is 0 Å². The first-order valence-corrected chi connectivity index (χ1v) is 5.28. The third-order valence-electron chi connectivity index (χ3n) is 2.72. The monoisotopic (exact) mass is 233 g/mol. The van der Waals surface area contributed by atoms with Gasteiger partial charge in [0.15, 0.2) is 0 Å². The van der Waals surface area contributed by atoms with Crippen molar-refractivity contribution in [3.05, 3.63) is 34.2 Å². The molecule has 1 atom stereocenters. The van der Waals surface area contributed by atoms with Crippen LogP contribution in [-0.4, -0.2) is 28.5 Å². The molecule has 0 aliphatic carbocycles. The number of hydrogen-bond donors (Lipinski definition) is 0. The molecule has 0 fully saturated rings. The third-order valence-corrected chi connectivity index (χ3v) is 2.72. The first-order valence-electron chi connectivity index (χ1n) is 5.28. The Bertz CT molecular complexity index is 513. The van der Waals surface area contributed by atoms with Crippen molar-refractivity contribution in [2.45, 2.75) is 19.4 Å². The van der Waals surface area contributed by atoms with Gasteiger partial charge in [-0.25, -0.2) is 0 Å². The van der Waals surface area contributed by atoms with Crippen LogP contribution in [0.1, 0.15) is 23.7 Å². The summed E-state index contributed by atoms with van der Waals surface area (Å²) in [6.45, 7) is 1.77. The Morgan fingerprint density at radius 2 is 2.29 bits per heavy atom. The van der Waals surface area contributed by atoms with Crippen LogP contribution in [0.25, 0.3) is 0 Å². The highest BCUT2D eigenvalue weighted by atomic mass is 16.2. The lowest BCUT2D eigenvalue weighted by Gasteiger charge is -2.22. The highest BCUT2D eigenvalue weighted by Crippen LogP contribution is 2.05. The molecule has 0 unspecified atom stereocenters. The lowest BCUT2D eigenvalue weighted by atomic mass is 10.2. The number of nitriles is 1. The second kappa shape index (κ2) is 5.30. The fourth-order valence-electron chi connectivity index (χ4n) is 1.42. The van der Waals surface area contributed by atoms with Gasteiger partial charge >= 0.3 is 0 Å². The Morgan fingerprint density at radius 1 is 1.65 bits per heavy atom. The summed E-state index contributed by atoms with van der Waals surface area (Å²) < 4.78 is 1.36. The molecular formula is C12H15N3O2. The predicted molar refractivity (Wildman–Crippen MR) is 63.5 cm³/mol. The molecule has 0 N–H and O–H groups in total. The van der Waals surface area contributed by atoms with Gasteiger partial charge in [0.2, 0.25) is 0 Å². The minimum atomic E-state index is -0.353. The van der Waals surface area contributed by atoms with E-state index in [9.17, 15) is 9.59 Å². The molecule has 0 aliphatic heterocycles. The SMILES string of the molecule is C[C@@H](CC#N)N(C)C(=O)c1cccn(C)c1=O. The Balaban J connectivity index is 3.02. The summed E-state index contributed by atoms with van der Waals surface area (Å²) in [6.07, 6.45) is 1.84. The van der Waals surface area contributed by atoms with Crippen LogP contribution in [-0.2, 0) is 7.05 Å². The van der Waals surface area contributed by atoms with Crippen LogP contribution in [0.15, 0.2) is 23.1 Å². The van der Waals surface area contributed by atoms with E-state index in [1.165, 1.54) is 15.5 Å². The fraction of sp³-hybridized carbons (Fsp3) is 0.417. The number of aryl methyl sites for hydroxylation is 1. The minimum absolute atomic E-state index is 0.127. The number of aromatic nitrogens is 1. The maximum absolute atomic E-state index is 12.0. The normalized spacial score (nSPS) is 11.6. The van der Waals surface area contributed by atoms with Crippen LogP contribution in [0.4, 0.5) is 0 Å². The molecule has 0 aliphatic rings. The van der Waals surface area contributed by atoms with Crippen molar-refractivity contribution in [1.82, 2.24) is 9.47 Å².